The van der Waals surface area contributed by atoms with E-state index in [4.69, 9.17) is 5.73 Å². The molecule has 5 rings (SSSR count). The molecule has 0 unspecified atom stereocenters. The smallest absolute Gasteiger partial charge is 0.280 e. The highest BCUT2D eigenvalue weighted by Gasteiger charge is 2.20. The van der Waals surface area contributed by atoms with E-state index in [9.17, 15) is 9.59 Å². The fourth-order valence-corrected chi connectivity index (χ4v) is 3.37. The van der Waals surface area contributed by atoms with Crippen LogP contribution in [-0.4, -0.2) is 67.1 Å². The summed E-state index contributed by atoms with van der Waals surface area (Å²) in [5.74, 6) is 0.524. The molecule has 4 aromatic heterocycles. The van der Waals surface area contributed by atoms with Gasteiger partial charge in [-0.1, -0.05) is 10.4 Å². The van der Waals surface area contributed by atoms with Crippen LogP contribution in [0.25, 0.3) is 11.2 Å². The van der Waals surface area contributed by atoms with Crippen molar-refractivity contribution in [3.05, 3.63) is 63.7 Å². The first-order valence-electron chi connectivity index (χ1n) is 10.7. The van der Waals surface area contributed by atoms with Crippen LogP contribution in [0.2, 0.25) is 0 Å². The van der Waals surface area contributed by atoms with Gasteiger partial charge in [0.15, 0.2) is 22.8 Å². The number of benzene rings is 1. The lowest BCUT2D eigenvalue weighted by Gasteiger charge is -2.15. The zero-order valence-electron chi connectivity index (χ0n) is 18.5. The molecule has 0 fully saturated rings. The average molecular weight is 489 g/mol. The van der Waals surface area contributed by atoms with Crippen molar-refractivity contribution in [2.45, 2.75) is 25.4 Å². The minimum absolute atomic E-state index is 0.0209. The van der Waals surface area contributed by atoms with Gasteiger partial charge in [0.1, 0.15) is 0 Å². The Morgan fingerprint density at radius 3 is 2.61 bits per heavy atom. The van der Waals surface area contributed by atoms with Gasteiger partial charge in [0.05, 0.1) is 24.5 Å². The molecule has 17 heteroatoms. The lowest BCUT2D eigenvalue weighted by molar-refractivity contribution is 0.0932. The molecule has 36 heavy (non-hydrogen) atoms. The molecule has 182 valence electrons. The second-order valence-electron chi connectivity index (χ2n) is 7.58. The molecule has 0 saturated carbocycles. The van der Waals surface area contributed by atoms with Crippen LogP contribution in [0.3, 0.4) is 0 Å². The van der Waals surface area contributed by atoms with Crippen LogP contribution in [-0.2, 0) is 13.0 Å². The fraction of sp³-hybridized carbons (Fsp3) is 0.211. The van der Waals surface area contributed by atoms with Gasteiger partial charge in [-0.25, -0.2) is 9.97 Å². The number of aromatic nitrogens is 12. The number of rotatable bonds is 9. The van der Waals surface area contributed by atoms with Crippen molar-refractivity contribution < 1.29 is 4.79 Å². The molecule has 0 radical (unpaired) electrons. The highest BCUT2D eigenvalue weighted by Crippen LogP contribution is 2.16. The first kappa shape index (κ1) is 22.4. The Bertz CT molecular complexity index is 1510. The van der Waals surface area contributed by atoms with E-state index in [0.29, 0.717) is 42.3 Å². The van der Waals surface area contributed by atoms with Crippen LogP contribution in [0.4, 0.5) is 11.6 Å². The predicted molar refractivity (Wildman–Crippen MR) is 123 cm³/mol. The first-order chi connectivity index (χ1) is 17.5. The van der Waals surface area contributed by atoms with E-state index >= 15 is 0 Å². The SMILES string of the molecule is Nc1nc2ncc(CNc3ccc(C(=O)N[C@@H](CCc4nn[nH]n4)c4nn[nH]n4)cc3)nc2c(=O)[nH]1. The largest absolute Gasteiger partial charge is 0.379 e. The van der Waals surface area contributed by atoms with E-state index in [1.807, 2.05) is 0 Å². The zero-order chi connectivity index (χ0) is 24.9. The summed E-state index contributed by atoms with van der Waals surface area (Å²) in [5, 5.41) is 33.7. The average Bonchev–Trinajstić information content (AvgIpc) is 3.60. The number of fused-ring (bicyclic) bond motifs is 1. The van der Waals surface area contributed by atoms with Crippen molar-refractivity contribution in [2.75, 3.05) is 11.1 Å². The van der Waals surface area contributed by atoms with Gasteiger partial charge in [0.2, 0.25) is 5.95 Å². The molecule has 1 amide bonds. The van der Waals surface area contributed by atoms with Crippen LogP contribution in [0.5, 0.6) is 0 Å². The van der Waals surface area contributed by atoms with Gasteiger partial charge >= 0.3 is 0 Å². The number of tetrazole rings is 2. The molecule has 0 bridgehead atoms. The summed E-state index contributed by atoms with van der Waals surface area (Å²) in [6.45, 7) is 0.300. The molecule has 0 aliphatic heterocycles. The number of nitrogen functional groups attached to an aromatic ring is 1. The summed E-state index contributed by atoms with van der Waals surface area (Å²) in [7, 11) is 0. The maximum absolute atomic E-state index is 12.8. The Morgan fingerprint density at radius 2 is 1.86 bits per heavy atom. The van der Waals surface area contributed by atoms with Crippen LogP contribution in [0, 0.1) is 0 Å². The summed E-state index contributed by atoms with van der Waals surface area (Å²) < 4.78 is 0. The fourth-order valence-electron chi connectivity index (χ4n) is 3.37. The van der Waals surface area contributed by atoms with Crippen LogP contribution in [0.1, 0.15) is 40.2 Å². The third-order valence-corrected chi connectivity index (χ3v) is 5.13. The Hall–Kier alpha value is -5.35. The van der Waals surface area contributed by atoms with E-state index in [-0.39, 0.29) is 23.0 Å². The molecule has 7 N–H and O–H groups in total. The molecule has 1 aromatic carbocycles. The van der Waals surface area contributed by atoms with Crippen molar-refractivity contribution in [3.8, 4) is 0 Å². The van der Waals surface area contributed by atoms with Gasteiger partial charge in [-0.3, -0.25) is 14.6 Å². The lowest BCUT2D eigenvalue weighted by atomic mass is 10.1. The van der Waals surface area contributed by atoms with Gasteiger partial charge in [0.25, 0.3) is 11.5 Å². The highest BCUT2D eigenvalue weighted by molar-refractivity contribution is 5.94. The van der Waals surface area contributed by atoms with Gasteiger partial charge < -0.3 is 16.4 Å². The number of amides is 1. The number of anilines is 2. The number of H-pyrrole nitrogens is 3. The number of hydrogen-bond acceptors (Lipinski definition) is 13. The summed E-state index contributed by atoms with van der Waals surface area (Å²) in [6, 6.07) is 6.34. The van der Waals surface area contributed by atoms with Gasteiger partial charge in [-0.05, 0) is 30.7 Å². The summed E-state index contributed by atoms with van der Waals surface area (Å²) >= 11 is 0. The molecule has 1 atom stereocenters. The molecule has 0 spiro atoms. The van der Waals surface area contributed by atoms with Crippen LogP contribution in [0.15, 0.2) is 35.3 Å². The number of carbonyl (C=O) groups is 1. The maximum atomic E-state index is 12.8. The molecule has 0 saturated heterocycles. The number of hydrogen-bond donors (Lipinski definition) is 6. The number of aryl methyl sites for hydroxylation is 1. The predicted octanol–water partition coefficient (Wildman–Crippen LogP) is -0.962. The summed E-state index contributed by atoms with van der Waals surface area (Å²) in [6.07, 6.45) is 2.41. The van der Waals surface area contributed by atoms with Crippen molar-refractivity contribution >= 4 is 28.7 Å². The monoisotopic (exact) mass is 489 g/mol. The van der Waals surface area contributed by atoms with Crippen molar-refractivity contribution in [2.24, 2.45) is 0 Å². The first-order valence-corrected chi connectivity index (χ1v) is 10.7. The van der Waals surface area contributed by atoms with E-state index in [0.717, 1.165) is 5.69 Å². The van der Waals surface area contributed by atoms with E-state index in [2.05, 4.69) is 71.8 Å². The number of aromatic amines is 3. The van der Waals surface area contributed by atoms with E-state index in [1.54, 1.807) is 24.3 Å². The quantitative estimate of drug-likeness (QED) is 0.146. The van der Waals surface area contributed by atoms with Gasteiger partial charge in [-0.15, -0.1) is 20.4 Å². The van der Waals surface area contributed by atoms with E-state index in [1.165, 1.54) is 6.20 Å². The molecule has 0 aliphatic carbocycles. The zero-order valence-corrected chi connectivity index (χ0v) is 18.5. The Balaban J connectivity index is 1.21. The minimum Gasteiger partial charge on any atom is -0.379 e. The standard InChI is InChI=1S/C19H19N15O2/c20-19-25-16-14(18(36)26-19)23-11(8-22-16)7-21-10-3-1-9(2-4-10)17(35)24-12(15-29-33-34-30-15)5-6-13-27-31-32-28-13/h1-4,8,12,21H,5-7H2,(H,24,35)(H,27,28,31,32)(H,29,30,33,34)(H3,20,22,25,26,36)/t12-/m0/s1. The Labute approximate surface area is 200 Å². The third kappa shape index (κ3) is 5.08. The normalized spacial score (nSPS) is 11.9. The number of nitrogens with one attached hydrogen (secondary N) is 5. The van der Waals surface area contributed by atoms with Gasteiger partial charge in [0, 0.05) is 17.7 Å². The molecular weight excluding hydrogens is 470 g/mol. The van der Waals surface area contributed by atoms with Crippen molar-refractivity contribution in [1.82, 2.24) is 66.5 Å². The Morgan fingerprint density at radius 1 is 1.06 bits per heavy atom. The second-order valence-corrected chi connectivity index (χ2v) is 7.58. The molecule has 5 aromatic rings. The molecule has 17 nitrogen and oxygen atoms in total. The topological polar surface area (TPSA) is 248 Å². The summed E-state index contributed by atoms with van der Waals surface area (Å²) in [5.41, 5.74) is 7.05. The lowest BCUT2D eigenvalue weighted by Crippen LogP contribution is -2.30. The molecular formula is C19H19N15O2. The van der Waals surface area contributed by atoms with Gasteiger partial charge in [-0.2, -0.15) is 15.4 Å². The van der Waals surface area contributed by atoms with Crippen molar-refractivity contribution in [3.63, 3.8) is 0 Å². The number of nitrogens with zero attached hydrogens (tertiary/aromatic N) is 9. The van der Waals surface area contributed by atoms with E-state index < -0.39 is 11.6 Å². The number of nitrogens with two attached hydrogens (primary N) is 1. The highest BCUT2D eigenvalue weighted by atomic mass is 16.1. The third-order valence-electron chi connectivity index (χ3n) is 5.13. The maximum Gasteiger partial charge on any atom is 0.280 e. The Kier molecular flexibility index (Phi) is 6.15. The summed E-state index contributed by atoms with van der Waals surface area (Å²) in [4.78, 5) is 39.6. The van der Waals surface area contributed by atoms with Crippen LogP contribution >= 0.6 is 0 Å². The molecule has 4 heterocycles. The number of carbonyl (C=O) groups excluding carboxylic acids is 1. The second kappa shape index (κ2) is 9.87. The van der Waals surface area contributed by atoms with Crippen molar-refractivity contribution in [1.29, 1.82) is 0 Å². The van der Waals surface area contributed by atoms with Crippen LogP contribution < -0.4 is 21.9 Å². The molecule has 0 aliphatic rings. The minimum atomic E-state index is -0.507.